The number of aromatic nitrogens is 2. The van der Waals surface area contributed by atoms with E-state index in [2.05, 4.69) is 5.10 Å². The highest BCUT2D eigenvalue weighted by atomic mass is 35.5. The molecule has 3 N–H and O–H groups in total. The molecule has 0 amide bonds. The van der Waals surface area contributed by atoms with Gasteiger partial charge in [0.1, 0.15) is 11.3 Å². The molecule has 0 spiro atoms. The molecule has 1 aromatic carbocycles. The SMILES string of the molecule is Nc1c2c(Cl)ccc(Cl)c2nn1C(=O)O. The minimum atomic E-state index is -1.28. The molecule has 2 rings (SSSR count). The molecule has 5 nitrogen and oxygen atoms in total. The van der Waals surface area contributed by atoms with Crippen LogP contribution >= 0.6 is 23.2 Å². The van der Waals surface area contributed by atoms with Crippen molar-refractivity contribution in [1.82, 2.24) is 9.78 Å². The van der Waals surface area contributed by atoms with Crippen LogP contribution < -0.4 is 5.73 Å². The topological polar surface area (TPSA) is 81.1 Å². The van der Waals surface area contributed by atoms with Crippen molar-refractivity contribution >= 4 is 46.0 Å². The van der Waals surface area contributed by atoms with Crippen LogP contribution in [0.15, 0.2) is 12.1 Å². The number of fused-ring (bicyclic) bond motifs is 1. The van der Waals surface area contributed by atoms with Crippen LogP contribution in [0.25, 0.3) is 10.9 Å². The molecule has 1 heterocycles. The van der Waals surface area contributed by atoms with E-state index in [0.717, 1.165) is 0 Å². The predicted octanol–water partition coefficient (Wildman–Crippen LogP) is 2.45. The molecule has 0 radical (unpaired) electrons. The van der Waals surface area contributed by atoms with E-state index in [9.17, 15) is 4.79 Å². The summed E-state index contributed by atoms with van der Waals surface area (Å²) in [6.45, 7) is 0. The molecule has 0 saturated heterocycles. The fraction of sp³-hybridized carbons (Fsp3) is 0. The minimum Gasteiger partial charge on any atom is -0.463 e. The molecule has 0 unspecified atom stereocenters. The van der Waals surface area contributed by atoms with Crippen LogP contribution in [0.3, 0.4) is 0 Å². The monoisotopic (exact) mass is 245 g/mol. The lowest BCUT2D eigenvalue weighted by Gasteiger charge is -1.96. The van der Waals surface area contributed by atoms with Gasteiger partial charge in [-0.2, -0.15) is 5.10 Å². The number of carboxylic acid groups (broad SMARTS) is 1. The average Bonchev–Trinajstić information content (AvgIpc) is 2.51. The Hall–Kier alpha value is -1.46. The van der Waals surface area contributed by atoms with Crippen molar-refractivity contribution in [1.29, 1.82) is 0 Å². The Morgan fingerprint density at radius 1 is 1.40 bits per heavy atom. The summed E-state index contributed by atoms with van der Waals surface area (Å²) >= 11 is 11.7. The summed E-state index contributed by atoms with van der Waals surface area (Å²) in [5.41, 5.74) is 5.87. The third-order valence-electron chi connectivity index (χ3n) is 1.94. The zero-order valence-electron chi connectivity index (χ0n) is 7.24. The Morgan fingerprint density at radius 2 is 2.00 bits per heavy atom. The van der Waals surface area contributed by atoms with Gasteiger partial charge in [0.05, 0.1) is 15.4 Å². The number of halogens is 2. The van der Waals surface area contributed by atoms with Gasteiger partial charge < -0.3 is 10.8 Å². The van der Waals surface area contributed by atoms with Gasteiger partial charge in [-0.25, -0.2) is 4.79 Å². The predicted molar refractivity (Wildman–Crippen MR) is 57.6 cm³/mol. The van der Waals surface area contributed by atoms with Crippen molar-refractivity contribution in [3.63, 3.8) is 0 Å². The highest BCUT2D eigenvalue weighted by molar-refractivity contribution is 6.40. The third-order valence-corrected chi connectivity index (χ3v) is 2.56. The van der Waals surface area contributed by atoms with E-state index in [1.807, 2.05) is 0 Å². The van der Waals surface area contributed by atoms with Gasteiger partial charge in [-0.05, 0) is 12.1 Å². The molecule has 1 aromatic heterocycles. The van der Waals surface area contributed by atoms with Crippen LogP contribution in [0, 0.1) is 0 Å². The fourth-order valence-electron chi connectivity index (χ4n) is 1.29. The molecule has 0 aliphatic rings. The molecule has 0 bridgehead atoms. The maximum Gasteiger partial charge on any atom is 0.434 e. The van der Waals surface area contributed by atoms with Crippen LogP contribution in [0.1, 0.15) is 0 Å². The smallest absolute Gasteiger partial charge is 0.434 e. The standard InChI is InChI=1S/C8H5Cl2N3O2/c9-3-1-2-4(10)6-5(3)7(11)13(12-6)8(14)15/h1-2H,11H2,(H,14,15). The minimum absolute atomic E-state index is 0.0370. The summed E-state index contributed by atoms with van der Waals surface area (Å²) in [5, 5.41) is 13.5. The van der Waals surface area contributed by atoms with Crippen LogP contribution in [-0.2, 0) is 0 Å². The Morgan fingerprint density at radius 3 is 2.53 bits per heavy atom. The lowest BCUT2D eigenvalue weighted by Crippen LogP contribution is -2.12. The zero-order chi connectivity index (χ0) is 11.2. The maximum absolute atomic E-state index is 10.7. The highest BCUT2D eigenvalue weighted by Gasteiger charge is 2.17. The lowest BCUT2D eigenvalue weighted by molar-refractivity contribution is 0.193. The van der Waals surface area contributed by atoms with E-state index >= 15 is 0 Å². The van der Waals surface area contributed by atoms with E-state index in [1.165, 1.54) is 12.1 Å². The Balaban J connectivity index is 2.93. The molecule has 78 valence electrons. The number of benzene rings is 1. The van der Waals surface area contributed by atoms with Crippen LogP contribution in [0.5, 0.6) is 0 Å². The van der Waals surface area contributed by atoms with Gasteiger partial charge in [0.15, 0.2) is 0 Å². The highest BCUT2D eigenvalue weighted by Crippen LogP contribution is 2.32. The largest absolute Gasteiger partial charge is 0.463 e. The van der Waals surface area contributed by atoms with Crippen LogP contribution in [-0.4, -0.2) is 21.0 Å². The lowest BCUT2D eigenvalue weighted by atomic mass is 10.2. The van der Waals surface area contributed by atoms with Crippen molar-refractivity contribution in [2.24, 2.45) is 0 Å². The molecule has 0 saturated carbocycles. The summed E-state index contributed by atoms with van der Waals surface area (Å²) in [7, 11) is 0. The van der Waals surface area contributed by atoms with E-state index in [1.54, 1.807) is 0 Å². The van der Waals surface area contributed by atoms with E-state index < -0.39 is 6.09 Å². The average molecular weight is 246 g/mol. The molecule has 0 aliphatic heterocycles. The van der Waals surface area contributed by atoms with Crippen molar-refractivity contribution in [2.45, 2.75) is 0 Å². The number of anilines is 1. The number of nitrogens with two attached hydrogens (primary N) is 1. The number of rotatable bonds is 0. The normalized spacial score (nSPS) is 10.8. The summed E-state index contributed by atoms with van der Waals surface area (Å²) in [5.74, 6) is -0.0370. The maximum atomic E-state index is 10.7. The van der Waals surface area contributed by atoms with Gasteiger partial charge in [0.2, 0.25) is 0 Å². The summed E-state index contributed by atoms with van der Waals surface area (Å²) < 4.78 is 0.641. The molecule has 7 heteroatoms. The number of carbonyl (C=O) groups is 1. The van der Waals surface area contributed by atoms with Crippen molar-refractivity contribution in [2.75, 3.05) is 5.73 Å². The molecule has 0 aliphatic carbocycles. The van der Waals surface area contributed by atoms with Crippen molar-refractivity contribution in [3.05, 3.63) is 22.2 Å². The summed E-state index contributed by atoms with van der Waals surface area (Å²) in [6.07, 6.45) is -1.28. The quantitative estimate of drug-likeness (QED) is 0.747. The first-order valence-electron chi connectivity index (χ1n) is 3.88. The second kappa shape index (κ2) is 3.29. The van der Waals surface area contributed by atoms with Crippen molar-refractivity contribution in [3.8, 4) is 0 Å². The van der Waals surface area contributed by atoms with Crippen molar-refractivity contribution < 1.29 is 9.90 Å². The van der Waals surface area contributed by atoms with Gasteiger partial charge in [-0.15, -0.1) is 4.68 Å². The van der Waals surface area contributed by atoms with Gasteiger partial charge in [0.25, 0.3) is 0 Å². The molecular formula is C8H5Cl2N3O2. The Labute approximate surface area is 94.0 Å². The number of hydrogen-bond acceptors (Lipinski definition) is 3. The summed E-state index contributed by atoms with van der Waals surface area (Å²) in [6, 6.07) is 3.07. The number of nitrogens with zero attached hydrogens (tertiary/aromatic N) is 2. The summed E-state index contributed by atoms with van der Waals surface area (Å²) in [4.78, 5) is 10.7. The second-order valence-electron chi connectivity index (χ2n) is 2.83. The first kappa shape index (κ1) is 10.1. The Bertz CT molecular complexity index is 565. The second-order valence-corrected chi connectivity index (χ2v) is 3.65. The van der Waals surface area contributed by atoms with Gasteiger partial charge in [-0.3, -0.25) is 0 Å². The van der Waals surface area contributed by atoms with E-state index in [-0.39, 0.29) is 11.3 Å². The molecule has 0 atom stereocenters. The van der Waals surface area contributed by atoms with Crippen LogP contribution in [0.2, 0.25) is 10.0 Å². The molecular weight excluding hydrogens is 241 g/mol. The number of hydrogen-bond donors (Lipinski definition) is 2. The van der Waals surface area contributed by atoms with Crippen LogP contribution in [0.4, 0.5) is 10.6 Å². The third kappa shape index (κ3) is 1.40. The molecule has 15 heavy (non-hydrogen) atoms. The first-order valence-corrected chi connectivity index (χ1v) is 4.63. The Kier molecular flexibility index (Phi) is 2.21. The van der Waals surface area contributed by atoms with E-state index in [0.29, 0.717) is 20.1 Å². The fourth-order valence-corrected chi connectivity index (χ4v) is 1.73. The van der Waals surface area contributed by atoms with Gasteiger partial charge in [-0.1, -0.05) is 23.2 Å². The first-order chi connectivity index (χ1) is 7.02. The molecule has 0 fully saturated rings. The zero-order valence-corrected chi connectivity index (χ0v) is 8.75. The number of nitrogen functional groups attached to an aromatic ring is 1. The van der Waals surface area contributed by atoms with Gasteiger partial charge in [0, 0.05) is 0 Å². The van der Waals surface area contributed by atoms with E-state index in [4.69, 9.17) is 34.0 Å². The van der Waals surface area contributed by atoms with Gasteiger partial charge >= 0.3 is 6.09 Å². The molecule has 2 aromatic rings.